The second kappa shape index (κ2) is 3.39. The minimum Gasteiger partial charge on any atom is -0.341 e. The molecule has 0 aliphatic carbocycles. The first kappa shape index (κ1) is 9.71. The highest BCUT2D eigenvalue weighted by Crippen LogP contribution is 2.29. The van der Waals surface area contributed by atoms with Crippen molar-refractivity contribution in [1.29, 1.82) is 0 Å². The monoisotopic (exact) mass is 253 g/mol. The molecule has 14 heavy (non-hydrogen) atoms. The van der Waals surface area contributed by atoms with Crippen LogP contribution in [0.1, 0.15) is 28.8 Å². The molecule has 0 fully saturated rings. The van der Waals surface area contributed by atoms with Crippen LogP contribution in [0.15, 0.2) is 22.7 Å². The summed E-state index contributed by atoms with van der Waals surface area (Å²) in [4.78, 5) is 13.6. The van der Waals surface area contributed by atoms with Crippen molar-refractivity contribution in [2.75, 3.05) is 13.6 Å². The number of rotatable bonds is 0. The van der Waals surface area contributed by atoms with Gasteiger partial charge in [-0.2, -0.15) is 0 Å². The Bertz CT molecular complexity index is 389. The Morgan fingerprint density at radius 3 is 2.93 bits per heavy atom. The number of hydrogen-bond acceptors (Lipinski definition) is 1. The predicted molar refractivity (Wildman–Crippen MR) is 59.5 cm³/mol. The van der Waals surface area contributed by atoms with Gasteiger partial charge in [-0.1, -0.05) is 22.9 Å². The van der Waals surface area contributed by atoms with Crippen molar-refractivity contribution >= 4 is 21.8 Å². The van der Waals surface area contributed by atoms with Gasteiger partial charge in [0.2, 0.25) is 0 Å². The molecule has 0 spiro atoms. The Balaban J connectivity index is 2.56. The van der Waals surface area contributed by atoms with Crippen LogP contribution in [-0.4, -0.2) is 24.4 Å². The third kappa shape index (κ3) is 1.46. The fourth-order valence-corrected chi connectivity index (χ4v) is 2.31. The van der Waals surface area contributed by atoms with Gasteiger partial charge in [-0.25, -0.2) is 0 Å². The molecule has 3 heteroatoms. The average molecular weight is 254 g/mol. The van der Waals surface area contributed by atoms with Crippen LogP contribution >= 0.6 is 15.9 Å². The molecule has 0 aromatic heterocycles. The molecule has 74 valence electrons. The topological polar surface area (TPSA) is 20.3 Å². The summed E-state index contributed by atoms with van der Waals surface area (Å²) >= 11 is 3.43. The summed E-state index contributed by atoms with van der Waals surface area (Å²) in [5.41, 5.74) is 2.00. The number of fused-ring (bicyclic) bond motifs is 1. The van der Waals surface area contributed by atoms with Crippen molar-refractivity contribution in [2.24, 2.45) is 0 Å². The van der Waals surface area contributed by atoms with E-state index in [4.69, 9.17) is 0 Å². The fourth-order valence-electron chi connectivity index (χ4n) is 1.93. The summed E-state index contributed by atoms with van der Waals surface area (Å²) in [6.07, 6.45) is 0. The molecule has 0 saturated carbocycles. The molecule has 0 radical (unpaired) electrons. The molecule has 1 aromatic rings. The van der Waals surface area contributed by atoms with Gasteiger partial charge in [0.1, 0.15) is 0 Å². The Labute approximate surface area is 92.0 Å². The zero-order valence-corrected chi connectivity index (χ0v) is 9.84. The summed E-state index contributed by atoms with van der Waals surface area (Å²) in [7, 11) is 1.85. The van der Waals surface area contributed by atoms with Gasteiger partial charge in [0.15, 0.2) is 0 Å². The molecule has 1 atom stereocenters. The van der Waals surface area contributed by atoms with Gasteiger partial charge >= 0.3 is 0 Å². The van der Waals surface area contributed by atoms with E-state index in [9.17, 15) is 4.79 Å². The smallest absolute Gasteiger partial charge is 0.253 e. The molecule has 2 rings (SSSR count). The van der Waals surface area contributed by atoms with E-state index in [0.29, 0.717) is 5.92 Å². The molecule has 2 nitrogen and oxygen atoms in total. The minimum absolute atomic E-state index is 0.130. The van der Waals surface area contributed by atoms with E-state index < -0.39 is 0 Å². The lowest BCUT2D eigenvalue weighted by Gasteiger charge is -2.29. The van der Waals surface area contributed by atoms with Crippen LogP contribution < -0.4 is 0 Å². The van der Waals surface area contributed by atoms with Gasteiger partial charge < -0.3 is 4.90 Å². The highest BCUT2D eigenvalue weighted by atomic mass is 79.9. The Morgan fingerprint density at radius 2 is 2.21 bits per heavy atom. The van der Waals surface area contributed by atoms with Gasteiger partial charge in [-0.3, -0.25) is 4.79 Å². The number of hydrogen-bond donors (Lipinski definition) is 0. The largest absolute Gasteiger partial charge is 0.341 e. The third-order valence-electron chi connectivity index (χ3n) is 2.67. The lowest BCUT2D eigenvalue weighted by molar-refractivity contribution is 0.0768. The van der Waals surface area contributed by atoms with E-state index in [0.717, 1.165) is 22.1 Å². The van der Waals surface area contributed by atoms with Gasteiger partial charge in [0.25, 0.3) is 5.91 Å². The SMILES string of the molecule is CC1CN(C)C(=O)c2ccc(Br)cc21. The zero-order chi connectivity index (χ0) is 10.3. The molecule has 1 amide bonds. The number of nitrogens with zero attached hydrogens (tertiary/aromatic N) is 1. The molecule has 1 aliphatic heterocycles. The average Bonchev–Trinajstić information content (AvgIpc) is 2.14. The first-order chi connectivity index (χ1) is 6.59. The number of carbonyl (C=O) groups excluding carboxylic acids is 1. The molecule has 0 bridgehead atoms. The second-order valence-electron chi connectivity index (χ2n) is 3.82. The number of halogens is 1. The number of carbonyl (C=O) groups is 1. The number of likely N-dealkylation sites (N-methyl/N-ethyl adjacent to an activating group) is 1. The van der Waals surface area contributed by atoms with E-state index >= 15 is 0 Å². The first-order valence-corrected chi connectivity index (χ1v) is 5.44. The van der Waals surface area contributed by atoms with Crippen molar-refractivity contribution in [3.8, 4) is 0 Å². The van der Waals surface area contributed by atoms with Crippen molar-refractivity contribution < 1.29 is 4.79 Å². The summed E-state index contributed by atoms with van der Waals surface area (Å²) in [5, 5.41) is 0. The number of benzene rings is 1. The van der Waals surface area contributed by atoms with Crippen LogP contribution in [0, 0.1) is 0 Å². The Kier molecular flexibility index (Phi) is 2.35. The third-order valence-corrected chi connectivity index (χ3v) is 3.16. The van der Waals surface area contributed by atoms with Gasteiger partial charge in [0.05, 0.1) is 0 Å². The molecule has 1 aromatic carbocycles. The van der Waals surface area contributed by atoms with E-state index in [1.807, 2.05) is 25.2 Å². The zero-order valence-electron chi connectivity index (χ0n) is 8.25. The van der Waals surface area contributed by atoms with Gasteiger partial charge in [-0.15, -0.1) is 0 Å². The van der Waals surface area contributed by atoms with E-state index in [1.165, 1.54) is 0 Å². The van der Waals surface area contributed by atoms with Gasteiger partial charge in [-0.05, 0) is 29.7 Å². The fraction of sp³-hybridized carbons (Fsp3) is 0.364. The minimum atomic E-state index is 0.130. The normalized spacial score (nSPS) is 20.9. The maximum Gasteiger partial charge on any atom is 0.253 e. The van der Waals surface area contributed by atoms with Crippen molar-refractivity contribution in [3.05, 3.63) is 33.8 Å². The maximum atomic E-state index is 11.8. The summed E-state index contributed by atoms with van der Waals surface area (Å²) in [6.45, 7) is 2.95. The van der Waals surface area contributed by atoms with Crippen molar-refractivity contribution in [3.63, 3.8) is 0 Å². The van der Waals surface area contributed by atoms with Gasteiger partial charge in [0, 0.05) is 23.6 Å². The van der Waals surface area contributed by atoms with Crippen LogP contribution in [0.2, 0.25) is 0 Å². The lowest BCUT2D eigenvalue weighted by Crippen LogP contribution is -2.35. The molecule has 1 unspecified atom stereocenters. The van der Waals surface area contributed by atoms with Crippen LogP contribution in [0.4, 0.5) is 0 Å². The molecular weight excluding hydrogens is 242 g/mol. The standard InChI is InChI=1S/C11H12BrNO/c1-7-6-13(2)11(14)9-4-3-8(12)5-10(7)9/h3-5,7H,6H2,1-2H3. The van der Waals surface area contributed by atoms with Crippen molar-refractivity contribution in [1.82, 2.24) is 4.90 Å². The Morgan fingerprint density at radius 1 is 1.50 bits per heavy atom. The maximum absolute atomic E-state index is 11.8. The second-order valence-corrected chi connectivity index (χ2v) is 4.73. The van der Waals surface area contributed by atoms with Crippen LogP contribution in [0.3, 0.4) is 0 Å². The van der Waals surface area contributed by atoms with Crippen LogP contribution in [0.5, 0.6) is 0 Å². The highest BCUT2D eigenvalue weighted by molar-refractivity contribution is 9.10. The highest BCUT2D eigenvalue weighted by Gasteiger charge is 2.26. The van der Waals surface area contributed by atoms with Crippen LogP contribution in [-0.2, 0) is 0 Å². The summed E-state index contributed by atoms with van der Waals surface area (Å²) in [5.74, 6) is 0.552. The molecule has 1 heterocycles. The molecular formula is C11H12BrNO. The molecule has 0 saturated heterocycles. The predicted octanol–water partition coefficient (Wildman–Crippen LogP) is 2.64. The van der Waals surface area contributed by atoms with E-state index in [1.54, 1.807) is 4.90 Å². The van der Waals surface area contributed by atoms with Crippen molar-refractivity contribution in [2.45, 2.75) is 12.8 Å². The molecule has 0 N–H and O–H groups in total. The lowest BCUT2D eigenvalue weighted by atomic mass is 9.91. The Hall–Kier alpha value is -0.830. The number of amides is 1. The molecule has 1 aliphatic rings. The van der Waals surface area contributed by atoms with Crippen LogP contribution in [0.25, 0.3) is 0 Å². The quantitative estimate of drug-likeness (QED) is 0.697. The first-order valence-electron chi connectivity index (χ1n) is 4.64. The van der Waals surface area contributed by atoms with E-state index in [2.05, 4.69) is 22.9 Å². The summed E-state index contributed by atoms with van der Waals surface area (Å²) in [6, 6.07) is 5.86. The van der Waals surface area contributed by atoms with E-state index in [-0.39, 0.29) is 5.91 Å². The summed E-state index contributed by atoms with van der Waals surface area (Å²) < 4.78 is 1.04.